The van der Waals surface area contributed by atoms with Gasteiger partial charge in [0, 0.05) is 25.1 Å². The van der Waals surface area contributed by atoms with Gasteiger partial charge in [-0.2, -0.15) is 0 Å². The van der Waals surface area contributed by atoms with E-state index in [2.05, 4.69) is 10.6 Å². The molecule has 1 unspecified atom stereocenters. The van der Waals surface area contributed by atoms with Gasteiger partial charge in [0.25, 0.3) is 0 Å². The number of nitrogens with one attached hydrogen (secondary N) is 2. The van der Waals surface area contributed by atoms with E-state index in [4.69, 9.17) is 30.5 Å². The summed E-state index contributed by atoms with van der Waals surface area (Å²) in [4.78, 5) is 12.4. The van der Waals surface area contributed by atoms with Crippen molar-refractivity contribution < 1.29 is 23.7 Å². The average Bonchev–Trinajstić information content (AvgIpc) is 2.74. The van der Waals surface area contributed by atoms with E-state index in [0.717, 1.165) is 11.3 Å². The zero-order valence-corrected chi connectivity index (χ0v) is 18.5. The van der Waals surface area contributed by atoms with Crippen LogP contribution in [0, 0.1) is 0 Å². The standard InChI is InChI=1S/C22H29ClN2O5/c1-15(16-5-7-20(21(13-16)29-4)30-12-11-27-2)25-22(26)9-10-24-18-14-17(23)6-8-19(18)28-3/h5-8,13-15,24H,9-12H2,1-4H3,(H,25,26). The van der Waals surface area contributed by atoms with Crippen LogP contribution in [0.1, 0.15) is 24.9 Å². The topological polar surface area (TPSA) is 78.1 Å². The zero-order chi connectivity index (χ0) is 21.9. The van der Waals surface area contributed by atoms with Crippen molar-refractivity contribution in [2.75, 3.05) is 46.4 Å². The van der Waals surface area contributed by atoms with Gasteiger partial charge in [-0.3, -0.25) is 4.79 Å². The number of carbonyl (C=O) groups excluding carboxylic acids is 1. The molecular formula is C22H29ClN2O5. The molecule has 1 amide bonds. The Balaban J connectivity index is 1.88. The predicted octanol–water partition coefficient (Wildman–Crippen LogP) is 4.06. The number of ether oxygens (including phenoxy) is 4. The number of amides is 1. The third kappa shape index (κ3) is 7.00. The van der Waals surface area contributed by atoms with Crippen molar-refractivity contribution in [1.82, 2.24) is 5.32 Å². The molecule has 2 N–H and O–H groups in total. The smallest absolute Gasteiger partial charge is 0.222 e. The van der Waals surface area contributed by atoms with Gasteiger partial charge in [0.1, 0.15) is 12.4 Å². The quantitative estimate of drug-likeness (QED) is 0.488. The van der Waals surface area contributed by atoms with Gasteiger partial charge in [0.2, 0.25) is 5.91 Å². The molecule has 30 heavy (non-hydrogen) atoms. The molecule has 2 rings (SSSR count). The van der Waals surface area contributed by atoms with Crippen LogP contribution in [0.25, 0.3) is 0 Å². The fraction of sp³-hybridized carbons (Fsp3) is 0.409. The summed E-state index contributed by atoms with van der Waals surface area (Å²) in [5.41, 5.74) is 1.67. The number of hydrogen-bond acceptors (Lipinski definition) is 6. The summed E-state index contributed by atoms with van der Waals surface area (Å²) in [6.45, 7) is 3.30. The van der Waals surface area contributed by atoms with E-state index in [9.17, 15) is 4.79 Å². The van der Waals surface area contributed by atoms with Crippen LogP contribution in [-0.2, 0) is 9.53 Å². The second-order valence-corrected chi connectivity index (χ2v) is 7.00. The molecule has 0 heterocycles. The van der Waals surface area contributed by atoms with Crippen LogP contribution in [0.4, 0.5) is 5.69 Å². The summed E-state index contributed by atoms with van der Waals surface area (Å²) in [7, 11) is 4.79. The summed E-state index contributed by atoms with van der Waals surface area (Å²) < 4.78 is 21.3. The zero-order valence-electron chi connectivity index (χ0n) is 17.8. The minimum Gasteiger partial charge on any atom is -0.495 e. The minimum absolute atomic E-state index is 0.0737. The molecule has 2 aromatic rings. The van der Waals surface area contributed by atoms with Gasteiger partial charge in [-0.15, -0.1) is 0 Å². The van der Waals surface area contributed by atoms with Gasteiger partial charge in [-0.25, -0.2) is 0 Å². The van der Waals surface area contributed by atoms with Crippen molar-refractivity contribution in [1.29, 1.82) is 0 Å². The van der Waals surface area contributed by atoms with Crippen LogP contribution in [0.2, 0.25) is 5.02 Å². The Labute approximate surface area is 182 Å². The van der Waals surface area contributed by atoms with Crippen LogP contribution in [0.5, 0.6) is 17.2 Å². The third-order valence-corrected chi connectivity index (χ3v) is 4.67. The highest BCUT2D eigenvalue weighted by molar-refractivity contribution is 6.30. The minimum atomic E-state index is -0.180. The van der Waals surface area contributed by atoms with Gasteiger partial charge in [-0.05, 0) is 42.8 Å². The maximum atomic E-state index is 12.4. The predicted molar refractivity (Wildman–Crippen MR) is 118 cm³/mol. The Bertz CT molecular complexity index is 831. The fourth-order valence-electron chi connectivity index (χ4n) is 2.83. The second kappa shape index (κ2) is 12.1. The highest BCUT2D eigenvalue weighted by Gasteiger charge is 2.13. The van der Waals surface area contributed by atoms with Gasteiger partial charge < -0.3 is 29.6 Å². The van der Waals surface area contributed by atoms with Crippen LogP contribution in [0.15, 0.2) is 36.4 Å². The van der Waals surface area contributed by atoms with Gasteiger partial charge >= 0.3 is 0 Å². The highest BCUT2D eigenvalue weighted by Crippen LogP contribution is 2.30. The number of carbonyl (C=O) groups is 1. The first-order valence-corrected chi connectivity index (χ1v) is 10.0. The Morgan fingerprint density at radius 1 is 1.00 bits per heavy atom. The monoisotopic (exact) mass is 436 g/mol. The number of rotatable bonds is 12. The van der Waals surface area contributed by atoms with Crippen molar-refractivity contribution in [3.63, 3.8) is 0 Å². The van der Waals surface area contributed by atoms with E-state index in [0.29, 0.717) is 48.5 Å². The molecule has 0 bridgehead atoms. The molecule has 0 saturated carbocycles. The number of methoxy groups -OCH3 is 3. The van der Waals surface area contributed by atoms with E-state index in [-0.39, 0.29) is 11.9 Å². The van der Waals surface area contributed by atoms with Crippen molar-refractivity contribution in [2.24, 2.45) is 0 Å². The average molecular weight is 437 g/mol. The summed E-state index contributed by atoms with van der Waals surface area (Å²) in [6, 6.07) is 10.7. The van der Waals surface area contributed by atoms with Crippen molar-refractivity contribution in [3.05, 3.63) is 47.0 Å². The molecule has 0 aliphatic rings. The van der Waals surface area contributed by atoms with Crippen molar-refractivity contribution >= 4 is 23.2 Å². The Hall–Kier alpha value is -2.64. The molecule has 0 aromatic heterocycles. The van der Waals surface area contributed by atoms with E-state index in [1.165, 1.54) is 0 Å². The van der Waals surface area contributed by atoms with Crippen molar-refractivity contribution in [3.8, 4) is 17.2 Å². The summed E-state index contributed by atoms with van der Waals surface area (Å²) in [5, 5.41) is 6.77. The Kier molecular flexibility index (Phi) is 9.57. The first-order valence-electron chi connectivity index (χ1n) is 9.65. The number of benzene rings is 2. The van der Waals surface area contributed by atoms with E-state index >= 15 is 0 Å². The maximum Gasteiger partial charge on any atom is 0.222 e. The molecule has 0 aliphatic heterocycles. The highest BCUT2D eigenvalue weighted by atomic mass is 35.5. The maximum absolute atomic E-state index is 12.4. The van der Waals surface area contributed by atoms with E-state index in [1.54, 1.807) is 39.5 Å². The summed E-state index contributed by atoms with van der Waals surface area (Å²) >= 11 is 6.02. The molecule has 1 atom stereocenters. The Morgan fingerprint density at radius 2 is 1.73 bits per heavy atom. The molecule has 0 aliphatic carbocycles. The molecule has 0 fully saturated rings. The SMILES string of the molecule is COCCOc1ccc(C(C)NC(=O)CCNc2cc(Cl)ccc2OC)cc1OC. The lowest BCUT2D eigenvalue weighted by Crippen LogP contribution is -2.28. The lowest BCUT2D eigenvalue weighted by Gasteiger charge is -2.17. The molecular weight excluding hydrogens is 408 g/mol. The molecule has 2 aromatic carbocycles. The molecule has 8 heteroatoms. The normalized spacial score (nSPS) is 11.5. The van der Waals surface area contributed by atoms with Gasteiger partial charge in [0.15, 0.2) is 11.5 Å². The molecule has 7 nitrogen and oxygen atoms in total. The first kappa shape index (κ1) is 23.6. The van der Waals surface area contributed by atoms with E-state index < -0.39 is 0 Å². The first-order chi connectivity index (χ1) is 14.5. The summed E-state index contributed by atoms with van der Waals surface area (Å²) in [6.07, 6.45) is 0.301. The van der Waals surface area contributed by atoms with Crippen LogP contribution in [0.3, 0.4) is 0 Å². The largest absolute Gasteiger partial charge is 0.495 e. The van der Waals surface area contributed by atoms with Crippen molar-refractivity contribution in [2.45, 2.75) is 19.4 Å². The van der Waals surface area contributed by atoms with Crippen LogP contribution < -0.4 is 24.8 Å². The number of halogens is 1. The molecule has 0 saturated heterocycles. The van der Waals surface area contributed by atoms with E-state index in [1.807, 2.05) is 25.1 Å². The van der Waals surface area contributed by atoms with Gasteiger partial charge in [0.05, 0.1) is 32.6 Å². The number of hydrogen-bond donors (Lipinski definition) is 2. The lowest BCUT2D eigenvalue weighted by molar-refractivity contribution is -0.121. The molecule has 0 spiro atoms. The lowest BCUT2D eigenvalue weighted by atomic mass is 10.1. The third-order valence-electron chi connectivity index (χ3n) is 4.44. The molecule has 164 valence electrons. The molecule has 0 radical (unpaired) electrons. The second-order valence-electron chi connectivity index (χ2n) is 6.56. The Morgan fingerprint density at radius 3 is 2.43 bits per heavy atom. The van der Waals surface area contributed by atoms with Crippen LogP contribution in [-0.4, -0.2) is 47.0 Å². The van der Waals surface area contributed by atoms with Crippen LogP contribution >= 0.6 is 11.6 Å². The van der Waals surface area contributed by atoms with Gasteiger partial charge in [-0.1, -0.05) is 17.7 Å². The number of anilines is 1. The summed E-state index contributed by atoms with van der Waals surface area (Å²) in [5.74, 6) is 1.85. The fourth-order valence-corrected chi connectivity index (χ4v) is 3.01.